The van der Waals surface area contributed by atoms with Crippen molar-refractivity contribution in [3.8, 4) is 22.9 Å². The Morgan fingerprint density at radius 2 is 2.24 bits per heavy atom. The van der Waals surface area contributed by atoms with Crippen LogP contribution in [-0.4, -0.2) is 42.4 Å². The van der Waals surface area contributed by atoms with E-state index in [0.717, 1.165) is 12.0 Å². The zero-order valence-corrected chi connectivity index (χ0v) is 14.2. The Morgan fingerprint density at radius 3 is 2.92 bits per heavy atom. The second-order valence-corrected chi connectivity index (χ2v) is 5.90. The fraction of sp³-hybridized carbons (Fsp3) is 0.412. The van der Waals surface area contributed by atoms with Crippen LogP contribution in [0.4, 0.5) is 4.39 Å². The van der Waals surface area contributed by atoms with Crippen LogP contribution in [0.25, 0.3) is 11.3 Å². The molecular formula is C17H20BFN2O4. The summed E-state index contributed by atoms with van der Waals surface area (Å²) in [6.07, 6.45) is 4.55. The van der Waals surface area contributed by atoms with Gasteiger partial charge in [-0.1, -0.05) is 6.92 Å². The molecule has 1 fully saturated rings. The molecule has 1 N–H and O–H groups in total. The largest absolute Gasteiger partial charge is 0.491 e. The number of halogens is 1. The van der Waals surface area contributed by atoms with Gasteiger partial charge in [0.15, 0.2) is 11.6 Å². The van der Waals surface area contributed by atoms with Crippen molar-refractivity contribution in [2.24, 2.45) is 0 Å². The minimum atomic E-state index is -0.765. The van der Waals surface area contributed by atoms with Crippen LogP contribution in [0.15, 0.2) is 24.5 Å². The second-order valence-electron chi connectivity index (χ2n) is 5.90. The first kappa shape index (κ1) is 17.6. The average Bonchev–Trinajstić information content (AvgIpc) is 3.07. The summed E-state index contributed by atoms with van der Waals surface area (Å²) in [4.78, 5) is 8.48. The minimum Gasteiger partial charge on any atom is -0.491 e. The van der Waals surface area contributed by atoms with Crippen LogP contribution in [-0.2, 0) is 4.65 Å². The Labute approximate surface area is 146 Å². The van der Waals surface area contributed by atoms with E-state index < -0.39 is 12.9 Å². The first-order valence-electron chi connectivity index (χ1n) is 8.24. The Hall–Kier alpha value is -2.19. The molecule has 0 unspecified atom stereocenters. The fourth-order valence-electron chi connectivity index (χ4n) is 2.76. The maximum absolute atomic E-state index is 14.5. The molecule has 132 valence electrons. The number of rotatable bonds is 6. The van der Waals surface area contributed by atoms with Gasteiger partial charge in [0.05, 0.1) is 13.7 Å². The van der Waals surface area contributed by atoms with Gasteiger partial charge in [-0.2, -0.15) is 0 Å². The van der Waals surface area contributed by atoms with E-state index in [-0.39, 0.29) is 23.2 Å². The van der Waals surface area contributed by atoms with Gasteiger partial charge in [0.1, 0.15) is 5.69 Å². The summed E-state index contributed by atoms with van der Waals surface area (Å²) in [7, 11) is 0.682. The first-order valence-corrected chi connectivity index (χ1v) is 8.24. The van der Waals surface area contributed by atoms with Gasteiger partial charge < -0.3 is 19.2 Å². The highest BCUT2D eigenvalue weighted by molar-refractivity contribution is 6.43. The third kappa shape index (κ3) is 3.91. The fourth-order valence-corrected chi connectivity index (χ4v) is 2.76. The number of hydrogen-bond acceptors (Lipinski definition) is 6. The molecule has 6 nitrogen and oxygen atoms in total. The number of hydrogen-bond donors (Lipinski definition) is 1. The smallest absolute Gasteiger partial charge is 0.454 e. The van der Waals surface area contributed by atoms with Gasteiger partial charge in [-0.3, -0.25) is 4.98 Å². The molecule has 1 saturated heterocycles. The summed E-state index contributed by atoms with van der Waals surface area (Å²) >= 11 is 0. The molecule has 0 spiro atoms. The quantitative estimate of drug-likeness (QED) is 0.811. The molecule has 2 aromatic heterocycles. The van der Waals surface area contributed by atoms with Crippen molar-refractivity contribution < 1.29 is 23.5 Å². The van der Waals surface area contributed by atoms with Crippen LogP contribution in [0.1, 0.15) is 24.8 Å². The number of aromatic nitrogens is 2. The monoisotopic (exact) mass is 346 g/mol. The maximum Gasteiger partial charge on any atom is 0.454 e. The highest BCUT2D eigenvalue weighted by Gasteiger charge is 2.30. The lowest BCUT2D eigenvalue weighted by atomic mass is 9.80. The average molecular weight is 346 g/mol. The lowest BCUT2D eigenvalue weighted by molar-refractivity contribution is 0.281. The molecule has 1 aliphatic heterocycles. The molecule has 0 radical (unpaired) electrons. The lowest BCUT2D eigenvalue weighted by Crippen LogP contribution is -2.07. The molecule has 0 saturated carbocycles. The van der Waals surface area contributed by atoms with Crippen LogP contribution in [0.5, 0.6) is 11.6 Å². The van der Waals surface area contributed by atoms with Crippen LogP contribution in [0, 0.1) is 5.82 Å². The lowest BCUT2D eigenvalue weighted by Gasteiger charge is -2.13. The molecule has 8 heteroatoms. The summed E-state index contributed by atoms with van der Waals surface area (Å²) < 4.78 is 30.4. The summed E-state index contributed by atoms with van der Waals surface area (Å²) in [5.41, 5.74) is 1.57. The number of ether oxygens (including phenoxy) is 2. The standard InChI is InChI=1S/C17H20BFN2O4/c1-3-4-24-17-15(23-2)6-14(19)16(21-17)12-5-11(8-20-9-12)13-7-18(22)25-10-13/h5-6,8-9,13,22H,3-4,7,10H2,1-2H3/t13-/m1/s1. The molecule has 1 atom stereocenters. The van der Waals surface area contributed by atoms with Gasteiger partial charge in [0, 0.05) is 36.5 Å². The first-order chi connectivity index (χ1) is 12.1. The van der Waals surface area contributed by atoms with Crippen LogP contribution >= 0.6 is 0 Å². The van der Waals surface area contributed by atoms with E-state index in [1.54, 1.807) is 12.4 Å². The normalized spacial score (nSPS) is 17.0. The van der Waals surface area contributed by atoms with Gasteiger partial charge in [-0.25, -0.2) is 9.37 Å². The van der Waals surface area contributed by atoms with E-state index in [1.807, 2.05) is 13.0 Å². The van der Waals surface area contributed by atoms with Gasteiger partial charge in [-0.15, -0.1) is 0 Å². The molecule has 0 aromatic carbocycles. The van der Waals surface area contributed by atoms with Crippen LogP contribution < -0.4 is 9.47 Å². The number of methoxy groups -OCH3 is 1. The van der Waals surface area contributed by atoms with E-state index in [9.17, 15) is 9.41 Å². The molecule has 3 rings (SSSR count). The summed E-state index contributed by atoms with van der Waals surface area (Å²) in [5.74, 6) is 0.0267. The molecule has 1 aliphatic rings. The van der Waals surface area contributed by atoms with Crippen molar-refractivity contribution in [3.05, 3.63) is 35.9 Å². The predicted octanol–water partition coefficient (Wildman–Crippen LogP) is 2.67. The van der Waals surface area contributed by atoms with Crippen molar-refractivity contribution in [2.45, 2.75) is 25.6 Å². The van der Waals surface area contributed by atoms with E-state index in [4.69, 9.17) is 14.1 Å². The van der Waals surface area contributed by atoms with Gasteiger partial charge in [-0.05, 0) is 24.4 Å². The molecule has 25 heavy (non-hydrogen) atoms. The van der Waals surface area contributed by atoms with E-state index in [0.29, 0.717) is 25.1 Å². The third-order valence-electron chi connectivity index (χ3n) is 4.05. The topological polar surface area (TPSA) is 73.7 Å². The molecule has 0 bridgehead atoms. The Morgan fingerprint density at radius 1 is 1.40 bits per heavy atom. The van der Waals surface area contributed by atoms with Crippen LogP contribution in [0.3, 0.4) is 0 Å². The highest BCUT2D eigenvalue weighted by Crippen LogP contribution is 2.34. The Kier molecular flexibility index (Phi) is 5.50. The van der Waals surface area contributed by atoms with Crippen molar-refractivity contribution >= 4 is 7.12 Å². The zero-order valence-electron chi connectivity index (χ0n) is 14.2. The third-order valence-corrected chi connectivity index (χ3v) is 4.05. The van der Waals surface area contributed by atoms with Crippen molar-refractivity contribution in [3.63, 3.8) is 0 Å². The van der Waals surface area contributed by atoms with Crippen molar-refractivity contribution in [1.82, 2.24) is 9.97 Å². The Bertz CT molecular complexity index is 747. The van der Waals surface area contributed by atoms with Crippen molar-refractivity contribution in [1.29, 1.82) is 0 Å². The zero-order chi connectivity index (χ0) is 17.8. The predicted molar refractivity (Wildman–Crippen MR) is 91.2 cm³/mol. The number of nitrogens with zero attached hydrogens (tertiary/aromatic N) is 2. The molecule has 3 heterocycles. The van der Waals surface area contributed by atoms with Gasteiger partial charge in [0.2, 0.25) is 0 Å². The summed E-state index contributed by atoms with van der Waals surface area (Å²) in [5, 5.41) is 9.52. The van der Waals surface area contributed by atoms with Crippen LogP contribution in [0.2, 0.25) is 6.32 Å². The summed E-state index contributed by atoms with van der Waals surface area (Å²) in [6.45, 7) is 2.85. The molecular weight excluding hydrogens is 326 g/mol. The molecule has 2 aromatic rings. The van der Waals surface area contributed by atoms with Gasteiger partial charge in [0.25, 0.3) is 5.88 Å². The van der Waals surface area contributed by atoms with E-state index in [2.05, 4.69) is 9.97 Å². The summed E-state index contributed by atoms with van der Waals surface area (Å²) in [6, 6.07) is 3.09. The van der Waals surface area contributed by atoms with E-state index in [1.165, 1.54) is 13.2 Å². The number of pyridine rings is 2. The highest BCUT2D eigenvalue weighted by atomic mass is 19.1. The SMILES string of the molecule is CCCOc1nc(-c2cncc([C@H]3COB(O)C3)c2)c(F)cc1OC. The van der Waals surface area contributed by atoms with E-state index >= 15 is 0 Å². The molecule has 0 aliphatic carbocycles. The maximum atomic E-state index is 14.5. The van der Waals surface area contributed by atoms with Crippen molar-refractivity contribution in [2.75, 3.05) is 20.3 Å². The molecule has 0 amide bonds. The minimum absolute atomic E-state index is 0.0274. The van der Waals surface area contributed by atoms with Gasteiger partial charge >= 0.3 is 7.12 Å². The Balaban J connectivity index is 1.95. The second kappa shape index (κ2) is 7.80.